The number of aryl methyl sites for hydroxylation is 1. The molecule has 5 heteroatoms. The lowest BCUT2D eigenvalue weighted by atomic mass is 10.0. The van der Waals surface area contributed by atoms with Crippen molar-refractivity contribution in [2.75, 3.05) is 32.7 Å². The third kappa shape index (κ3) is 4.93. The molecule has 1 aliphatic heterocycles. The summed E-state index contributed by atoms with van der Waals surface area (Å²) in [5.74, 6) is 1.28. The minimum Gasteiger partial charge on any atom is -0.340 e. The lowest BCUT2D eigenvalue weighted by Crippen LogP contribution is -2.49. The normalized spacial score (nSPS) is 14.9. The molecule has 1 fully saturated rings. The number of carbonyl (C=O) groups is 1. The van der Waals surface area contributed by atoms with Crippen molar-refractivity contribution >= 4 is 5.91 Å². The Morgan fingerprint density at radius 3 is 2.24 bits per heavy atom. The third-order valence-corrected chi connectivity index (χ3v) is 5.72. The van der Waals surface area contributed by atoms with Gasteiger partial charge in [0.05, 0.1) is 6.42 Å². The van der Waals surface area contributed by atoms with E-state index in [0.29, 0.717) is 6.42 Å². The Kier molecular flexibility index (Phi) is 6.06. The highest BCUT2D eigenvalue weighted by molar-refractivity contribution is 5.79. The van der Waals surface area contributed by atoms with Crippen LogP contribution >= 0.6 is 0 Å². The molecule has 0 saturated carbocycles. The number of imidazole rings is 1. The van der Waals surface area contributed by atoms with E-state index in [0.717, 1.165) is 50.7 Å². The van der Waals surface area contributed by atoms with Gasteiger partial charge in [0.15, 0.2) is 0 Å². The van der Waals surface area contributed by atoms with Crippen LogP contribution in [0.1, 0.15) is 11.4 Å². The molecule has 0 unspecified atom stereocenters. The molecule has 1 amide bonds. The smallest absolute Gasteiger partial charge is 0.227 e. The fraction of sp³-hybridized carbons (Fsp3) is 0.333. The highest BCUT2D eigenvalue weighted by atomic mass is 16.2. The van der Waals surface area contributed by atoms with Crippen LogP contribution < -0.4 is 0 Å². The summed E-state index contributed by atoms with van der Waals surface area (Å²) in [6.07, 6.45) is 4.35. The zero-order valence-electron chi connectivity index (χ0n) is 17.0. The van der Waals surface area contributed by atoms with E-state index in [1.807, 2.05) is 42.4 Å². The lowest BCUT2D eigenvalue weighted by Gasteiger charge is -2.35. The summed E-state index contributed by atoms with van der Waals surface area (Å²) >= 11 is 0. The van der Waals surface area contributed by atoms with Crippen LogP contribution in [-0.2, 0) is 17.8 Å². The zero-order chi connectivity index (χ0) is 20.1. The Morgan fingerprint density at radius 2 is 1.59 bits per heavy atom. The Hall–Kier alpha value is -2.92. The minimum absolute atomic E-state index is 0.225. The first kappa shape index (κ1) is 19.4. The number of amides is 1. The largest absolute Gasteiger partial charge is 0.340 e. The number of nitrogens with zero attached hydrogens (tertiary/aromatic N) is 4. The average molecular weight is 389 g/mol. The molecule has 0 aliphatic carbocycles. The van der Waals surface area contributed by atoms with Gasteiger partial charge in [0.1, 0.15) is 5.82 Å². The van der Waals surface area contributed by atoms with Gasteiger partial charge >= 0.3 is 0 Å². The summed E-state index contributed by atoms with van der Waals surface area (Å²) in [4.78, 5) is 21.4. The van der Waals surface area contributed by atoms with E-state index in [1.165, 1.54) is 11.1 Å². The van der Waals surface area contributed by atoms with Gasteiger partial charge in [-0.2, -0.15) is 0 Å². The van der Waals surface area contributed by atoms with E-state index in [2.05, 4.69) is 50.8 Å². The van der Waals surface area contributed by atoms with Gasteiger partial charge in [-0.3, -0.25) is 9.69 Å². The summed E-state index contributed by atoms with van der Waals surface area (Å²) in [6.45, 7) is 7.48. The topological polar surface area (TPSA) is 41.4 Å². The predicted octanol–water partition coefficient (Wildman–Crippen LogP) is 3.25. The van der Waals surface area contributed by atoms with Crippen LogP contribution in [0.25, 0.3) is 11.1 Å². The molecule has 1 aromatic heterocycles. The molecule has 4 rings (SSSR count). The van der Waals surface area contributed by atoms with Crippen molar-refractivity contribution in [1.29, 1.82) is 0 Å². The lowest BCUT2D eigenvalue weighted by molar-refractivity contribution is -0.132. The Morgan fingerprint density at radius 1 is 0.897 bits per heavy atom. The maximum absolute atomic E-state index is 12.7. The van der Waals surface area contributed by atoms with Crippen molar-refractivity contribution in [3.05, 3.63) is 78.4 Å². The fourth-order valence-corrected chi connectivity index (χ4v) is 3.84. The first-order valence-corrected chi connectivity index (χ1v) is 10.3. The molecule has 1 aliphatic rings. The van der Waals surface area contributed by atoms with E-state index in [1.54, 1.807) is 0 Å². The minimum atomic E-state index is 0.225. The Labute approximate surface area is 172 Å². The summed E-state index contributed by atoms with van der Waals surface area (Å²) in [5.41, 5.74) is 3.46. The molecule has 0 atom stereocenters. The predicted molar refractivity (Wildman–Crippen MR) is 116 cm³/mol. The van der Waals surface area contributed by atoms with E-state index >= 15 is 0 Å². The van der Waals surface area contributed by atoms with Gasteiger partial charge in [0.25, 0.3) is 0 Å². The van der Waals surface area contributed by atoms with Crippen molar-refractivity contribution < 1.29 is 4.79 Å². The van der Waals surface area contributed by atoms with Gasteiger partial charge in [-0.1, -0.05) is 54.6 Å². The molecule has 2 aromatic carbocycles. The summed E-state index contributed by atoms with van der Waals surface area (Å²) in [6, 6.07) is 18.7. The molecule has 2 heterocycles. The van der Waals surface area contributed by atoms with Gasteiger partial charge in [-0.25, -0.2) is 4.98 Å². The molecule has 29 heavy (non-hydrogen) atoms. The van der Waals surface area contributed by atoms with Crippen molar-refractivity contribution in [3.63, 3.8) is 0 Å². The molecule has 1 saturated heterocycles. The molecule has 5 nitrogen and oxygen atoms in total. The van der Waals surface area contributed by atoms with Crippen LogP contribution in [0.2, 0.25) is 0 Å². The number of carbonyl (C=O) groups excluding carboxylic acids is 1. The molecule has 3 aromatic rings. The first-order chi connectivity index (χ1) is 14.2. The second-order valence-corrected chi connectivity index (χ2v) is 7.63. The monoisotopic (exact) mass is 388 g/mol. The highest BCUT2D eigenvalue weighted by Gasteiger charge is 2.21. The second-order valence-electron chi connectivity index (χ2n) is 7.63. The van der Waals surface area contributed by atoms with Gasteiger partial charge in [0.2, 0.25) is 5.91 Å². The molecular weight excluding hydrogens is 360 g/mol. The summed E-state index contributed by atoms with van der Waals surface area (Å²) in [5, 5.41) is 0. The van der Waals surface area contributed by atoms with Crippen molar-refractivity contribution in [2.45, 2.75) is 19.9 Å². The van der Waals surface area contributed by atoms with Crippen LogP contribution in [0.5, 0.6) is 0 Å². The number of hydrogen-bond donors (Lipinski definition) is 0. The molecular formula is C24H28N4O. The third-order valence-electron chi connectivity index (χ3n) is 5.72. The molecule has 150 valence electrons. The Balaban J connectivity index is 1.25. The maximum Gasteiger partial charge on any atom is 0.227 e. The Bertz CT molecular complexity index is 925. The molecule has 0 N–H and O–H groups in total. The summed E-state index contributed by atoms with van der Waals surface area (Å²) in [7, 11) is 0. The summed E-state index contributed by atoms with van der Waals surface area (Å²) < 4.78 is 2.18. The van der Waals surface area contributed by atoms with Crippen LogP contribution in [0.15, 0.2) is 67.0 Å². The van der Waals surface area contributed by atoms with Crippen LogP contribution in [0, 0.1) is 6.92 Å². The fourth-order valence-electron chi connectivity index (χ4n) is 3.84. The second kappa shape index (κ2) is 9.05. The number of benzene rings is 2. The van der Waals surface area contributed by atoms with Crippen LogP contribution in [0.3, 0.4) is 0 Å². The van der Waals surface area contributed by atoms with Crippen molar-refractivity contribution in [2.24, 2.45) is 0 Å². The van der Waals surface area contributed by atoms with Crippen molar-refractivity contribution in [1.82, 2.24) is 19.4 Å². The number of aromatic nitrogens is 2. The van der Waals surface area contributed by atoms with Gasteiger partial charge in [0, 0.05) is 51.7 Å². The van der Waals surface area contributed by atoms with Gasteiger partial charge < -0.3 is 9.47 Å². The van der Waals surface area contributed by atoms with Gasteiger partial charge in [-0.05, 0) is 23.6 Å². The van der Waals surface area contributed by atoms with Crippen LogP contribution in [0.4, 0.5) is 0 Å². The number of hydrogen-bond acceptors (Lipinski definition) is 3. The van der Waals surface area contributed by atoms with E-state index in [-0.39, 0.29) is 5.91 Å². The number of rotatable bonds is 6. The average Bonchev–Trinajstić information content (AvgIpc) is 3.18. The van der Waals surface area contributed by atoms with Crippen molar-refractivity contribution in [3.8, 4) is 11.1 Å². The highest BCUT2D eigenvalue weighted by Crippen LogP contribution is 2.19. The standard InChI is InChI=1S/C24H28N4O/c1-20-25-11-12-27(20)16-13-26-14-17-28(18-15-26)24(29)19-21-7-9-23(10-8-21)22-5-3-2-4-6-22/h2-12H,13-19H2,1H3. The van der Waals surface area contributed by atoms with E-state index in [4.69, 9.17) is 0 Å². The van der Waals surface area contributed by atoms with Gasteiger partial charge in [-0.15, -0.1) is 0 Å². The first-order valence-electron chi connectivity index (χ1n) is 10.3. The van der Waals surface area contributed by atoms with Crippen LogP contribution in [-0.4, -0.2) is 58.0 Å². The van der Waals surface area contributed by atoms with E-state index < -0.39 is 0 Å². The SMILES string of the molecule is Cc1nccn1CCN1CCN(C(=O)Cc2ccc(-c3ccccc3)cc2)CC1. The quantitative estimate of drug-likeness (QED) is 0.651. The number of piperazine rings is 1. The zero-order valence-corrected chi connectivity index (χ0v) is 17.0. The molecule has 0 spiro atoms. The molecule has 0 radical (unpaired) electrons. The van der Waals surface area contributed by atoms with E-state index in [9.17, 15) is 4.79 Å². The molecule has 0 bridgehead atoms. The maximum atomic E-state index is 12.7.